The minimum atomic E-state index is 0.947. The summed E-state index contributed by atoms with van der Waals surface area (Å²) in [5, 5.41) is 0. The summed E-state index contributed by atoms with van der Waals surface area (Å²) in [4.78, 5) is 0. The van der Waals surface area contributed by atoms with Gasteiger partial charge in [0.25, 0.3) is 0 Å². The van der Waals surface area contributed by atoms with Crippen molar-refractivity contribution in [1.29, 1.82) is 0 Å². The quantitative estimate of drug-likeness (QED) is 0.507. The molecule has 1 radical (unpaired) electrons. The lowest BCUT2D eigenvalue weighted by Crippen LogP contribution is -1.98. The highest BCUT2D eigenvalue weighted by molar-refractivity contribution is 7.80. The normalized spacial score (nSPS) is 13.4. The molecule has 0 aromatic heterocycles. The van der Waals surface area contributed by atoms with Crippen molar-refractivity contribution < 1.29 is 0 Å². The van der Waals surface area contributed by atoms with Crippen LogP contribution in [0.25, 0.3) is 0 Å². The Bertz CT molecular complexity index is 71.3. The Morgan fingerprint density at radius 1 is 1.09 bits per heavy atom. The summed E-state index contributed by atoms with van der Waals surface area (Å²) in [5.41, 5.74) is 0. The minimum absolute atomic E-state index is 0.947. The molecule has 0 spiro atoms. The van der Waals surface area contributed by atoms with Gasteiger partial charge in [-0.3, -0.25) is 0 Å². The van der Waals surface area contributed by atoms with Gasteiger partial charge in [0.1, 0.15) is 0 Å². The Balaban J connectivity index is 3.20. The zero-order valence-electron chi connectivity index (χ0n) is 7.94. The van der Waals surface area contributed by atoms with E-state index in [2.05, 4.69) is 13.8 Å². The molecule has 0 fully saturated rings. The lowest BCUT2D eigenvalue weighted by atomic mass is 9.95. The van der Waals surface area contributed by atoms with Crippen molar-refractivity contribution in [2.75, 3.05) is 5.75 Å². The molecule has 0 aliphatic heterocycles. The van der Waals surface area contributed by atoms with Crippen LogP contribution in [-0.4, -0.2) is 5.75 Å². The van der Waals surface area contributed by atoms with Gasteiger partial charge in [-0.05, 0) is 12.3 Å². The van der Waals surface area contributed by atoms with Gasteiger partial charge in [0.05, 0.1) is 0 Å². The first kappa shape index (κ1) is 11.4. The molecule has 0 N–H and O–H groups in total. The van der Waals surface area contributed by atoms with Gasteiger partial charge in [-0.2, -0.15) is 0 Å². The van der Waals surface area contributed by atoms with Crippen LogP contribution in [-0.2, 0) is 0 Å². The molecule has 0 saturated heterocycles. The predicted molar refractivity (Wildman–Crippen MR) is 55.0 cm³/mol. The zero-order chi connectivity index (χ0) is 8.53. The van der Waals surface area contributed by atoms with Crippen molar-refractivity contribution >= 4 is 12.6 Å². The van der Waals surface area contributed by atoms with E-state index < -0.39 is 0 Å². The van der Waals surface area contributed by atoms with Crippen LogP contribution in [0, 0.1) is 5.92 Å². The van der Waals surface area contributed by atoms with Crippen LogP contribution in [0.2, 0.25) is 0 Å². The monoisotopic (exact) mass is 173 g/mol. The third kappa shape index (κ3) is 6.74. The molecule has 1 unspecified atom stereocenters. The minimum Gasteiger partial charge on any atom is -0.0942 e. The van der Waals surface area contributed by atoms with Crippen molar-refractivity contribution in [3.63, 3.8) is 0 Å². The Labute approximate surface area is 77.2 Å². The standard InChI is InChI=1S/C10H21S/c1-3-7-10(4-2)8-5-6-9-11/h10H,3-9H2,1-2H3. The van der Waals surface area contributed by atoms with Gasteiger partial charge in [-0.25, -0.2) is 0 Å². The molecule has 67 valence electrons. The van der Waals surface area contributed by atoms with Gasteiger partial charge in [-0.15, -0.1) is 0 Å². The average Bonchev–Trinajstić information content (AvgIpc) is 2.03. The smallest absolute Gasteiger partial charge is 0.00369 e. The maximum Gasteiger partial charge on any atom is 0.00369 e. The molecule has 1 heteroatoms. The van der Waals surface area contributed by atoms with Gasteiger partial charge >= 0.3 is 0 Å². The highest BCUT2D eigenvalue weighted by Gasteiger charge is 2.03. The Morgan fingerprint density at radius 2 is 1.82 bits per heavy atom. The Morgan fingerprint density at radius 3 is 2.27 bits per heavy atom. The maximum absolute atomic E-state index is 4.90. The van der Waals surface area contributed by atoms with Crippen LogP contribution >= 0.6 is 12.6 Å². The van der Waals surface area contributed by atoms with Crippen LogP contribution in [0.1, 0.15) is 52.4 Å². The summed E-state index contributed by atoms with van der Waals surface area (Å²) in [5.74, 6) is 1.92. The van der Waals surface area contributed by atoms with Crippen molar-refractivity contribution in [2.45, 2.75) is 52.4 Å². The molecule has 1 atom stereocenters. The van der Waals surface area contributed by atoms with Crippen molar-refractivity contribution in [2.24, 2.45) is 5.92 Å². The predicted octanol–water partition coefficient (Wildman–Crippen LogP) is 4.18. The number of hydrogen-bond acceptors (Lipinski definition) is 0. The van der Waals surface area contributed by atoms with Gasteiger partial charge in [-0.1, -0.05) is 58.6 Å². The molecule has 0 rings (SSSR count). The molecule has 0 aromatic rings. The maximum atomic E-state index is 4.90. The second-order valence-electron chi connectivity index (χ2n) is 3.26. The Hall–Kier alpha value is 0.350. The highest BCUT2D eigenvalue weighted by atomic mass is 32.1. The third-order valence-electron chi connectivity index (χ3n) is 2.28. The summed E-state index contributed by atoms with van der Waals surface area (Å²) >= 11 is 4.90. The van der Waals surface area contributed by atoms with Crippen LogP contribution in [0.4, 0.5) is 0 Å². The average molecular weight is 173 g/mol. The molecule has 0 saturated carbocycles. The van der Waals surface area contributed by atoms with E-state index in [1.807, 2.05) is 0 Å². The largest absolute Gasteiger partial charge is 0.0942 e. The lowest BCUT2D eigenvalue weighted by molar-refractivity contribution is 0.418. The SMILES string of the molecule is CCCC(CC)CCCC[S]. The highest BCUT2D eigenvalue weighted by Crippen LogP contribution is 2.17. The fourth-order valence-corrected chi connectivity index (χ4v) is 1.70. The second kappa shape index (κ2) is 8.45. The van der Waals surface area contributed by atoms with Crippen molar-refractivity contribution in [3.8, 4) is 0 Å². The summed E-state index contributed by atoms with van der Waals surface area (Å²) in [6.07, 6.45) is 8.10. The van der Waals surface area contributed by atoms with E-state index in [0.29, 0.717) is 0 Å². The molecule has 0 nitrogen and oxygen atoms in total. The fourth-order valence-electron chi connectivity index (χ4n) is 1.50. The summed E-state index contributed by atoms with van der Waals surface area (Å²) in [6.45, 7) is 4.57. The van der Waals surface area contributed by atoms with E-state index >= 15 is 0 Å². The number of hydrogen-bond donors (Lipinski definition) is 0. The molecule has 0 aliphatic carbocycles. The van der Waals surface area contributed by atoms with Gasteiger partial charge < -0.3 is 0 Å². The fraction of sp³-hybridized carbons (Fsp3) is 1.00. The third-order valence-corrected chi connectivity index (χ3v) is 2.57. The van der Waals surface area contributed by atoms with Gasteiger partial charge in [0.2, 0.25) is 0 Å². The first-order valence-electron chi connectivity index (χ1n) is 4.93. The van der Waals surface area contributed by atoms with E-state index in [9.17, 15) is 0 Å². The van der Waals surface area contributed by atoms with Crippen LogP contribution in [0.3, 0.4) is 0 Å². The van der Waals surface area contributed by atoms with Crippen molar-refractivity contribution in [1.82, 2.24) is 0 Å². The Kier molecular flexibility index (Phi) is 8.72. The second-order valence-corrected chi connectivity index (χ2v) is 3.67. The van der Waals surface area contributed by atoms with E-state index in [4.69, 9.17) is 12.6 Å². The first-order valence-corrected chi connectivity index (χ1v) is 5.50. The summed E-state index contributed by atoms with van der Waals surface area (Å²) in [7, 11) is 0. The first-order chi connectivity index (χ1) is 5.35. The van der Waals surface area contributed by atoms with Crippen molar-refractivity contribution in [3.05, 3.63) is 0 Å². The van der Waals surface area contributed by atoms with E-state index in [1.54, 1.807) is 0 Å². The molecule has 0 bridgehead atoms. The molecule has 0 amide bonds. The zero-order valence-corrected chi connectivity index (χ0v) is 8.75. The molecule has 0 heterocycles. The molecule has 0 aromatic carbocycles. The molecule has 11 heavy (non-hydrogen) atoms. The van der Waals surface area contributed by atoms with E-state index in [-0.39, 0.29) is 0 Å². The van der Waals surface area contributed by atoms with Gasteiger partial charge in [0.15, 0.2) is 0 Å². The van der Waals surface area contributed by atoms with E-state index in [1.165, 1.54) is 38.5 Å². The topological polar surface area (TPSA) is 0 Å². The lowest BCUT2D eigenvalue weighted by Gasteiger charge is -2.12. The molecular weight excluding hydrogens is 152 g/mol. The number of unbranched alkanes of at least 4 members (excludes halogenated alkanes) is 1. The number of rotatable bonds is 7. The summed E-state index contributed by atoms with van der Waals surface area (Å²) < 4.78 is 0. The van der Waals surface area contributed by atoms with Crippen LogP contribution in [0.15, 0.2) is 0 Å². The molecular formula is C10H21S. The van der Waals surface area contributed by atoms with Crippen LogP contribution < -0.4 is 0 Å². The van der Waals surface area contributed by atoms with Gasteiger partial charge in [0, 0.05) is 5.75 Å². The summed E-state index contributed by atoms with van der Waals surface area (Å²) in [6, 6.07) is 0. The van der Waals surface area contributed by atoms with Crippen LogP contribution in [0.5, 0.6) is 0 Å². The van der Waals surface area contributed by atoms with E-state index in [0.717, 1.165) is 11.7 Å². The molecule has 0 aliphatic rings.